The average molecular weight is 1680 g/mol. The van der Waals surface area contributed by atoms with Gasteiger partial charge in [0.1, 0.15) is 66.2 Å². The number of unbranched alkanes of at least 4 members (excludes halogenated alkanes) is 4. The number of benzene rings is 1. The van der Waals surface area contributed by atoms with Crippen molar-refractivity contribution >= 4 is 88.5 Å². The lowest BCUT2D eigenvalue weighted by Gasteiger charge is -2.61. The maximum Gasteiger partial charge on any atom is 0.305 e. The Morgan fingerprint density at radius 3 is 1.49 bits per heavy atom. The van der Waals surface area contributed by atoms with E-state index in [2.05, 4.69) is 84.6 Å². The summed E-state index contributed by atoms with van der Waals surface area (Å²) in [5, 5.41) is 101. The summed E-state index contributed by atoms with van der Waals surface area (Å²) in [7, 11) is 0. The van der Waals surface area contributed by atoms with Crippen LogP contribution in [0.25, 0.3) is 0 Å². The Balaban J connectivity index is 1.25. The van der Waals surface area contributed by atoms with Gasteiger partial charge in [0, 0.05) is 19.3 Å². The topological polar surface area (TPSA) is 594 Å². The van der Waals surface area contributed by atoms with E-state index in [1.807, 2.05) is 6.92 Å². The van der Waals surface area contributed by atoms with Gasteiger partial charge < -0.3 is 111 Å². The van der Waals surface area contributed by atoms with E-state index in [-0.39, 0.29) is 86.0 Å². The first kappa shape index (κ1) is 101. The van der Waals surface area contributed by atoms with Crippen LogP contribution in [0.15, 0.2) is 24.3 Å². The highest BCUT2D eigenvalue weighted by molar-refractivity contribution is 6.00. The predicted octanol–water partition coefficient (Wildman–Crippen LogP) is -0.548. The summed E-state index contributed by atoms with van der Waals surface area (Å²) >= 11 is 0. The molecule has 36 nitrogen and oxygen atoms in total. The number of carboxylic acid groups (broad SMARTS) is 1. The van der Waals surface area contributed by atoms with E-state index in [9.17, 15) is 108 Å². The third kappa shape index (κ3) is 30.6. The number of amides is 13. The number of carbonyl (C=O) groups excluding carboxylic acids is 14. The number of rotatable bonds is 52. The summed E-state index contributed by atoms with van der Waals surface area (Å²) in [6.07, 6.45) is 9.29. The van der Waals surface area contributed by atoms with Crippen LogP contribution in [0.1, 0.15) is 228 Å². The second kappa shape index (κ2) is 49.1. The number of aliphatic carboxylic acids is 1. The molecule has 21 atom stereocenters. The number of ketones is 1. The maximum absolute atomic E-state index is 14.7. The summed E-state index contributed by atoms with van der Waals surface area (Å²) in [5.41, 5.74) is 12.2. The summed E-state index contributed by atoms with van der Waals surface area (Å²) in [6.45, 7) is 12.7. The molecule has 119 heavy (non-hydrogen) atoms. The highest BCUT2D eigenvalue weighted by Crippen LogP contribution is 2.68. The smallest absolute Gasteiger partial charge is 0.305 e. The number of primary amides is 1. The zero-order chi connectivity index (χ0) is 88.6. The SMILES string of the molecule is CCCCC[C@H](NC(=O)[C@H](CCC(N)=O)NC(=O)[C@H](Cc1ccc(O)cc1)NC(=O)CNC(=O)[C@H](CO)NC(=O)CC[C@@H](C)[C@H]1CCC2C3CCC4C[C@H](O)CC[C@]4(C)C3CC[C@@]21C)C(=O)N[C@@H](CCCCN)C(=O)N[C@@H](CC(C)C)C(=O)N[C@@H](CCCC)C(=O)N[C@@H](CO)C(=O)N[C@@H](CO)C(=O)N[C@H](C(=O)N[C@@H](CC(=O)O)C(C)=O)[C@@H](C)O. The number of Topliss-reactive ketones (excluding diaryl/α,β-unsaturated/α-hetero) is 1. The molecular formula is C83H136N14O22. The molecule has 5 rings (SSSR count). The van der Waals surface area contributed by atoms with Gasteiger partial charge in [-0.05, 0) is 199 Å². The Kier molecular flexibility index (Phi) is 41.5. The van der Waals surface area contributed by atoms with Gasteiger partial charge in [0.2, 0.25) is 76.8 Å². The zero-order valence-corrected chi connectivity index (χ0v) is 70.7. The number of fused-ring (bicyclic) bond motifs is 5. The van der Waals surface area contributed by atoms with Crippen LogP contribution in [0, 0.1) is 52.3 Å². The van der Waals surface area contributed by atoms with Gasteiger partial charge in [-0.15, -0.1) is 0 Å². The molecule has 0 heterocycles. The van der Waals surface area contributed by atoms with Crippen molar-refractivity contribution in [2.75, 3.05) is 32.9 Å². The van der Waals surface area contributed by atoms with Crippen molar-refractivity contribution in [1.29, 1.82) is 0 Å². The van der Waals surface area contributed by atoms with Gasteiger partial charge >= 0.3 is 5.97 Å². The van der Waals surface area contributed by atoms with Crippen LogP contribution in [0.3, 0.4) is 0 Å². The summed E-state index contributed by atoms with van der Waals surface area (Å²) in [5.74, 6) is -12.0. The summed E-state index contributed by atoms with van der Waals surface area (Å²) in [6, 6.07) is -11.8. The minimum atomic E-state index is -1.90. The van der Waals surface area contributed by atoms with E-state index < -0.39 is 207 Å². The molecule has 0 aliphatic heterocycles. The number of hydrogen-bond donors (Lipinski definition) is 21. The Bertz CT molecular complexity index is 3590. The van der Waals surface area contributed by atoms with Crippen LogP contribution in [-0.2, 0) is 78.3 Å². The number of nitrogens with one attached hydrogen (secondary N) is 12. The van der Waals surface area contributed by atoms with Crippen molar-refractivity contribution in [3.8, 4) is 5.75 Å². The standard InChI is InChI=1S/C83H136N14O22/c1-10-12-14-18-58(73(111)89-59(19-15-16-36-84)74(112)94-62(37-45(3)4)77(115)91-57(17-13-11-2)75(113)95-65(43-99)79(117)96-66(44-100)80(118)97-71(48(7)102)81(119)93-61(47(6)101)40-70(108)109)90-76(114)60(29-30-67(85)105)92-78(116)63(38-49-21-24-51(103)25-22-49)87-69(107)41-86-72(110)64(42-98)88-68(106)31-20-46(5)54-27-28-55-53-26-23-50-39-52(104)32-34-82(50,8)56(53)33-35-83(54,55)9/h21-22,24-25,45-46,48,50,52-66,71,98-100,102-104H,10-20,23,26-44,84H2,1-9H3,(H2,85,105)(H,86,110)(H,87,107)(H,88,106)(H,89,111)(H,90,114)(H,91,115)(H,92,116)(H,93,119)(H,94,112)(H,95,113)(H,96,117)(H,97,118)(H,108,109)/t46-,48-,50?,52-,53?,54-,55?,56?,57+,58+,59+,60+,61+,62+,63+,64+,65+,66+,71+,82+,83-/m1/s1. The first-order chi connectivity index (χ1) is 56.3. The zero-order valence-electron chi connectivity index (χ0n) is 70.7. The van der Waals surface area contributed by atoms with Crippen LogP contribution in [0.5, 0.6) is 5.75 Å². The number of aromatic hydroxyl groups is 1. The van der Waals surface area contributed by atoms with E-state index in [0.717, 1.165) is 58.8 Å². The largest absolute Gasteiger partial charge is 0.508 e. The molecular weight excluding hydrogens is 1540 g/mol. The lowest BCUT2D eigenvalue weighted by Crippen LogP contribution is -2.62. The molecule has 1 aromatic carbocycles. The minimum Gasteiger partial charge on any atom is -0.508 e. The monoisotopic (exact) mass is 1680 g/mol. The summed E-state index contributed by atoms with van der Waals surface area (Å²) < 4.78 is 0. The van der Waals surface area contributed by atoms with Gasteiger partial charge in [0.25, 0.3) is 0 Å². The minimum absolute atomic E-state index is 0.0245. The van der Waals surface area contributed by atoms with Crippen molar-refractivity contribution < 1.29 is 108 Å². The van der Waals surface area contributed by atoms with Crippen molar-refractivity contribution in [1.82, 2.24) is 63.8 Å². The maximum atomic E-state index is 14.7. The van der Waals surface area contributed by atoms with Gasteiger partial charge in [-0.2, -0.15) is 0 Å². The third-order valence-electron chi connectivity index (χ3n) is 24.8. The van der Waals surface area contributed by atoms with E-state index in [0.29, 0.717) is 80.1 Å². The Hall–Kier alpha value is -8.97. The third-order valence-corrected chi connectivity index (χ3v) is 24.8. The van der Waals surface area contributed by atoms with Crippen molar-refractivity contribution in [2.24, 2.45) is 63.7 Å². The Labute approximate surface area is 697 Å². The molecule has 1 aromatic rings. The van der Waals surface area contributed by atoms with Gasteiger partial charge in [-0.25, -0.2) is 0 Å². The van der Waals surface area contributed by atoms with Gasteiger partial charge in [0.05, 0.1) is 51.0 Å². The van der Waals surface area contributed by atoms with Crippen LogP contribution < -0.4 is 75.3 Å². The molecule has 0 saturated heterocycles. The summed E-state index contributed by atoms with van der Waals surface area (Å²) in [4.78, 5) is 204. The quantitative estimate of drug-likeness (QED) is 0.0364. The van der Waals surface area contributed by atoms with Crippen LogP contribution in [0.4, 0.5) is 0 Å². The molecule has 36 heteroatoms. The lowest BCUT2D eigenvalue weighted by atomic mass is 9.44. The van der Waals surface area contributed by atoms with E-state index in [1.54, 1.807) is 20.8 Å². The second-order valence-corrected chi connectivity index (χ2v) is 34.2. The fourth-order valence-corrected chi connectivity index (χ4v) is 18.1. The molecule has 0 bridgehead atoms. The molecule has 4 fully saturated rings. The molecule has 0 aromatic heterocycles. The number of phenols is 1. The predicted molar refractivity (Wildman–Crippen MR) is 436 cm³/mol. The van der Waals surface area contributed by atoms with Crippen molar-refractivity contribution in [2.45, 2.75) is 308 Å². The van der Waals surface area contributed by atoms with Crippen LogP contribution in [0.2, 0.25) is 0 Å². The lowest BCUT2D eigenvalue weighted by molar-refractivity contribution is -0.141. The molecule has 0 spiro atoms. The fraction of sp³-hybridized carbons (Fsp3) is 0.747. The van der Waals surface area contributed by atoms with E-state index in [4.69, 9.17) is 11.5 Å². The second-order valence-electron chi connectivity index (χ2n) is 34.2. The highest BCUT2D eigenvalue weighted by Gasteiger charge is 2.61. The normalized spacial score (nSPS) is 23.2. The van der Waals surface area contributed by atoms with Gasteiger partial charge in [-0.3, -0.25) is 71.9 Å². The first-order valence-corrected chi connectivity index (χ1v) is 42.5. The molecule has 4 unspecified atom stereocenters. The Morgan fingerprint density at radius 2 is 0.966 bits per heavy atom. The fourth-order valence-electron chi connectivity index (χ4n) is 18.1. The number of phenolic OH excluding ortho intramolecular Hbond substituents is 1. The number of hydrogen-bond acceptors (Lipinski definition) is 22. The van der Waals surface area contributed by atoms with E-state index in [1.165, 1.54) is 37.1 Å². The molecule has 4 saturated carbocycles. The van der Waals surface area contributed by atoms with E-state index >= 15 is 0 Å². The number of carbonyl (C=O) groups is 15. The van der Waals surface area contributed by atoms with Gasteiger partial charge in [0.15, 0.2) is 5.78 Å². The Morgan fingerprint density at radius 1 is 0.496 bits per heavy atom. The molecule has 4 aliphatic carbocycles. The molecule has 0 radical (unpaired) electrons. The number of nitrogens with two attached hydrogens (primary N) is 2. The number of carboxylic acids is 1. The van der Waals surface area contributed by atoms with Gasteiger partial charge in [-0.1, -0.05) is 92.7 Å². The molecule has 4 aliphatic rings. The number of aliphatic hydroxyl groups is 5. The van der Waals surface area contributed by atoms with Crippen molar-refractivity contribution in [3.63, 3.8) is 0 Å². The highest BCUT2D eigenvalue weighted by atomic mass is 16.4. The molecule has 23 N–H and O–H groups in total. The van der Waals surface area contributed by atoms with Crippen LogP contribution in [-0.4, -0.2) is 236 Å². The van der Waals surface area contributed by atoms with Crippen LogP contribution >= 0.6 is 0 Å². The molecule has 13 amide bonds. The van der Waals surface area contributed by atoms with Crippen molar-refractivity contribution in [3.05, 3.63) is 29.8 Å². The first-order valence-electron chi connectivity index (χ1n) is 42.5. The molecule has 670 valence electrons. The average Bonchev–Trinajstić information content (AvgIpc) is 1.66. The number of aliphatic hydroxyl groups excluding tert-OH is 5.